The Hall–Kier alpha value is -0.680. The minimum atomic E-state index is -0.804. The number of hydrogen-bond donors (Lipinski definition) is 2. The van der Waals surface area contributed by atoms with Crippen LogP contribution in [-0.4, -0.2) is 36.1 Å². The van der Waals surface area contributed by atoms with E-state index in [0.717, 1.165) is 0 Å². The van der Waals surface area contributed by atoms with Gasteiger partial charge in [0.15, 0.2) is 0 Å². The number of nitrogens with two attached hydrogens (primary N) is 1. The van der Waals surface area contributed by atoms with E-state index in [1.807, 2.05) is 18.7 Å². The van der Waals surface area contributed by atoms with Gasteiger partial charge in [0.2, 0.25) is 0 Å². The highest BCUT2D eigenvalue weighted by Gasteiger charge is 2.33. The largest absolute Gasteiger partial charge is 0.293 e. The summed E-state index contributed by atoms with van der Waals surface area (Å²) in [5.41, 5.74) is 2.14. The van der Waals surface area contributed by atoms with Crippen LogP contribution in [0.1, 0.15) is 20.3 Å². The van der Waals surface area contributed by atoms with Crippen molar-refractivity contribution in [3.05, 3.63) is 0 Å². The topological polar surface area (TPSA) is 58.4 Å². The zero-order valence-corrected chi connectivity index (χ0v) is 8.66. The van der Waals surface area contributed by atoms with Crippen LogP contribution in [-0.2, 0) is 4.79 Å². The maximum absolute atomic E-state index is 13.0. The van der Waals surface area contributed by atoms with Gasteiger partial charge in [0.05, 0.1) is 6.04 Å². The molecule has 1 heterocycles. The van der Waals surface area contributed by atoms with Gasteiger partial charge in [-0.1, -0.05) is 13.8 Å². The third-order valence-corrected chi connectivity index (χ3v) is 2.60. The number of amides is 1. The molecule has 0 saturated carbocycles. The van der Waals surface area contributed by atoms with Crippen molar-refractivity contribution in [1.29, 1.82) is 0 Å². The summed E-state index contributed by atoms with van der Waals surface area (Å²) in [7, 11) is 0. The van der Waals surface area contributed by atoms with Crippen molar-refractivity contribution in [1.82, 2.24) is 10.3 Å². The van der Waals surface area contributed by atoms with Crippen molar-refractivity contribution in [2.24, 2.45) is 11.8 Å². The SMILES string of the molecule is CC(C)C(C(=O)NN)N1CCC(F)C1. The molecule has 0 aromatic rings. The van der Waals surface area contributed by atoms with Crippen LogP contribution in [0.5, 0.6) is 0 Å². The van der Waals surface area contributed by atoms with Gasteiger partial charge in [0.1, 0.15) is 6.17 Å². The van der Waals surface area contributed by atoms with Gasteiger partial charge >= 0.3 is 0 Å². The van der Waals surface area contributed by atoms with E-state index >= 15 is 0 Å². The first-order valence-corrected chi connectivity index (χ1v) is 4.94. The van der Waals surface area contributed by atoms with E-state index in [1.54, 1.807) is 0 Å². The Kier molecular flexibility index (Phi) is 3.83. The predicted octanol–water partition coefficient (Wildman–Crippen LogP) is 0.0447. The molecule has 1 rings (SSSR count). The molecule has 82 valence electrons. The Morgan fingerprint density at radius 2 is 2.29 bits per heavy atom. The Morgan fingerprint density at radius 3 is 2.64 bits per heavy atom. The van der Waals surface area contributed by atoms with E-state index in [9.17, 15) is 9.18 Å². The third kappa shape index (κ3) is 2.42. The summed E-state index contributed by atoms with van der Waals surface area (Å²) < 4.78 is 13.0. The predicted molar refractivity (Wildman–Crippen MR) is 52.0 cm³/mol. The molecule has 0 aromatic heterocycles. The molecule has 0 radical (unpaired) electrons. The number of alkyl halides is 1. The fourth-order valence-corrected chi connectivity index (χ4v) is 1.97. The highest BCUT2D eigenvalue weighted by atomic mass is 19.1. The van der Waals surface area contributed by atoms with Gasteiger partial charge in [0, 0.05) is 13.1 Å². The minimum Gasteiger partial charge on any atom is -0.293 e. The molecule has 2 atom stereocenters. The standard InChI is InChI=1S/C9H18FN3O/c1-6(2)8(9(14)12-11)13-4-3-7(10)5-13/h6-8H,3-5,11H2,1-2H3,(H,12,14). The lowest BCUT2D eigenvalue weighted by Crippen LogP contribution is -2.51. The van der Waals surface area contributed by atoms with Crippen molar-refractivity contribution in [3.8, 4) is 0 Å². The summed E-state index contributed by atoms with van der Waals surface area (Å²) in [6.45, 7) is 4.85. The first-order valence-electron chi connectivity index (χ1n) is 4.94. The molecule has 0 spiro atoms. The number of likely N-dealkylation sites (tertiary alicyclic amines) is 1. The van der Waals surface area contributed by atoms with E-state index in [4.69, 9.17) is 5.84 Å². The number of rotatable bonds is 3. The summed E-state index contributed by atoms with van der Waals surface area (Å²) in [6, 6.07) is -0.305. The van der Waals surface area contributed by atoms with Crippen molar-refractivity contribution < 1.29 is 9.18 Å². The summed E-state index contributed by atoms with van der Waals surface area (Å²) >= 11 is 0. The molecule has 0 aliphatic carbocycles. The Labute approximate surface area is 83.6 Å². The second-order valence-corrected chi connectivity index (χ2v) is 4.08. The van der Waals surface area contributed by atoms with Crippen LogP contribution in [0.2, 0.25) is 0 Å². The summed E-state index contributed by atoms with van der Waals surface area (Å²) in [5, 5.41) is 0. The first-order chi connectivity index (χ1) is 6.56. The number of carbonyl (C=O) groups excluding carboxylic acids is 1. The molecular formula is C9H18FN3O. The maximum Gasteiger partial charge on any atom is 0.251 e. The molecule has 0 aromatic carbocycles. The maximum atomic E-state index is 13.0. The van der Waals surface area contributed by atoms with Crippen LogP contribution in [0, 0.1) is 5.92 Å². The number of halogens is 1. The van der Waals surface area contributed by atoms with Crippen LogP contribution in [0.3, 0.4) is 0 Å². The van der Waals surface area contributed by atoms with Gasteiger partial charge in [-0.05, 0) is 12.3 Å². The second kappa shape index (κ2) is 4.70. The molecule has 1 amide bonds. The Bertz CT molecular complexity index is 210. The fraction of sp³-hybridized carbons (Fsp3) is 0.889. The monoisotopic (exact) mass is 203 g/mol. The van der Waals surface area contributed by atoms with Crippen LogP contribution in [0.15, 0.2) is 0 Å². The van der Waals surface area contributed by atoms with Crippen LogP contribution < -0.4 is 11.3 Å². The smallest absolute Gasteiger partial charge is 0.251 e. The van der Waals surface area contributed by atoms with E-state index < -0.39 is 6.17 Å². The molecule has 4 nitrogen and oxygen atoms in total. The average molecular weight is 203 g/mol. The molecule has 0 bridgehead atoms. The molecule has 14 heavy (non-hydrogen) atoms. The molecule has 1 saturated heterocycles. The van der Waals surface area contributed by atoms with Gasteiger partial charge in [-0.2, -0.15) is 0 Å². The van der Waals surface area contributed by atoms with Gasteiger partial charge in [0.25, 0.3) is 5.91 Å². The second-order valence-electron chi connectivity index (χ2n) is 4.08. The quantitative estimate of drug-likeness (QED) is 0.387. The third-order valence-electron chi connectivity index (χ3n) is 2.60. The lowest BCUT2D eigenvalue weighted by atomic mass is 10.0. The Balaban J connectivity index is 2.63. The van der Waals surface area contributed by atoms with Crippen molar-refractivity contribution >= 4 is 5.91 Å². The number of hydrogen-bond acceptors (Lipinski definition) is 3. The normalized spacial score (nSPS) is 25.4. The zero-order valence-electron chi connectivity index (χ0n) is 8.66. The summed E-state index contributed by atoms with van der Waals surface area (Å²) in [6.07, 6.45) is -0.289. The number of nitrogens with one attached hydrogen (secondary N) is 1. The fourth-order valence-electron chi connectivity index (χ4n) is 1.97. The molecule has 5 heteroatoms. The number of hydrazine groups is 1. The lowest BCUT2D eigenvalue weighted by Gasteiger charge is -2.28. The molecule has 1 fully saturated rings. The minimum absolute atomic E-state index is 0.142. The molecule has 3 N–H and O–H groups in total. The van der Waals surface area contributed by atoms with Crippen LogP contribution in [0.25, 0.3) is 0 Å². The van der Waals surface area contributed by atoms with Crippen LogP contribution >= 0.6 is 0 Å². The molecule has 1 aliphatic rings. The van der Waals surface area contributed by atoms with E-state index in [1.165, 1.54) is 0 Å². The lowest BCUT2D eigenvalue weighted by molar-refractivity contribution is -0.127. The highest BCUT2D eigenvalue weighted by molar-refractivity contribution is 5.81. The Morgan fingerprint density at radius 1 is 1.64 bits per heavy atom. The molecule has 2 unspecified atom stereocenters. The van der Waals surface area contributed by atoms with Gasteiger partial charge < -0.3 is 0 Å². The van der Waals surface area contributed by atoms with Gasteiger partial charge in [-0.3, -0.25) is 15.1 Å². The van der Waals surface area contributed by atoms with Crippen molar-refractivity contribution in [2.75, 3.05) is 13.1 Å². The van der Waals surface area contributed by atoms with Crippen molar-refractivity contribution in [3.63, 3.8) is 0 Å². The molecule has 1 aliphatic heterocycles. The first kappa shape index (κ1) is 11.4. The summed E-state index contributed by atoms with van der Waals surface area (Å²) in [5.74, 6) is 5.01. The average Bonchev–Trinajstić information content (AvgIpc) is 2.51. The van der Waals surface area contributed by atoms with E-state index in [-0.39, 0.29) is 17.9 Å². The van der Waals surface area contributed by atoms with Gasteiger partial charge in [-0.25, -0.2) is 10.2 Å². The molecular weight excluding hydrogens is 185 g/mol. The number of carbonyl (C=O) groups is 1. The van der Waals surface area contributed by atoms with Crippen LogP contribution in [0.4, 0.5) is 4.39 Å². The highest BCUT2D eigenvalue weighted by Crippen LogP contribution is 2.19. The number of nitrogens with zero attached hydrogens (tertiary/aromatic N) is 1. The zero-order chi connectivity index (χ0) is 10.7. The van der Waals surface area contributed by atoms with E-state index in [0.29, 0.717) is 19.5 Å². The van der Waals surface area contributed by atoms with Crippen molar-refractivity contribution in [2.45, 2.75) is 32.5 Å². The van der Waals surface area contributed by atoms with Gasteiger partial charge in [-0.15, -0.1) is 0 Å². The summed E-state index contributed by atoms with van der Waals surface area (Å²) in [4.78, 5) is 13.3. The van der Waals surface area contributed by atoms with E-state index in [2.05, 4.69) is 5.43 Å².